The van der Waals surface area contributed by atoms with Crippen LogP contribution in [0.1, 0.15) is 41.9 Å². The first-order valence-corrected chi connectivity index (χ1v) is 12.3. The summed E-state index contributed by atoms with van der Waals surface area (Å²) in [5.74, 6) is 0.633. The van der Waals surface area contributed by atoms with Gasteiger partial charge in [0.15, 0.2) is 11.4 Å². The quantitative estimate of drug-likeness (QED) is 0.414. The average Bonchev–Trinajstić information content (AvgIpc) is 3.00. The van der Waals surface area contributed by atoms with Crippen molar-refractivity contribution in [3.8, 4) is 0 Å². The van der Waals surface area contributed by atoms with Gasteiger partial charge in [-0.25, -0.2) is 9.97 Å². The number of carbonyl (C=O) groups excluding carboxylic acids is 1. The van der Waals surface area contributed by atoms with E-state index in [-0.39, 0.29) is 11.7 Å². The van der Waals surface area contributed by atoms with E-state index in [1.807, 2.05) is 42.7 Å². The molecule has 1 fully saturated rings. The third-order valence-electron chi connectivity index (χ3n) is 5.92. The van der Waals surface area contributed by atoms with E-state index in [0.717, 1.165) is 48.3 Å². The first-order chi connectivity index (χ1) is 15.7. The molecule has 0 saturated carbocycles. The Hall–Kier alpha value is -3.06. The van der Waals surface area contributed by atoms with Gasteiger partial charge >= 0.3 is 0 Å². The number of nitrogens with zero attached hydrogens (tertiary/aromatic N) is 3. The molecular formula is C25H26N4O2S. The minimum absolute atomic E-state index is 0.184. The number of amides is 1. The maximum atomic E-state index is 13.1. The number of fused-ring (bicyclic) bond motifs is 3. The molecule has 0 atom stereocenters. The minimum Gasteiger partial charge on any atom is -0.450 e. The Morgan fingerprint density at radius 2 is 1.78 bits per heavy atom. The number of anilines is 1. The van der Waals surface area contributed by atoms with E-state index in [2.05, 4.69) is 27.3 Å². The summed E-state index contributed by atoms with van der Waals surface area (Å²) in [5.41, 5.74) is 3.17. The SMILES string of the molecule is CSc1ccc(CNC(=O)c2nc(N3CCCCCC3)c3oc4ccccc4c3n2)cc1. The first kappa shape index (κ1) is 20.8. The molecule has 1 amide bonds. The summed E-state index contributed by atoms with van der Waals surface area (Å²) in [5, 5.41) is 3.89. The van der Waals surface area contributed by atoms with E-state index in [1.165, 1.54) is 17.7 Å². The van der Waals surface area contributed by atoms with Crippen LogP contribution in [0.3, 0.4) is 0 Å². The third kappa shape index (κ3) is 4.17. The number of para-hydroxylation sites is 1. The molecular weight excluding hydrogens is 420 g/mol. The summed E-state index contributed by atoms with van der Waals surface area (Å²) in [4.78, 5) is 25.8. The van der Waals surface area contributed by atoms with Crippen LogP contribution in [-0.2, 0) is 6.54 Å². The molecule has 164 valence electrons. The van der Waals surface area contributed by atoms with E-state index in [1.54, 1.807) is 11.8 Å². The van der Waals surface area contributed by atoms with Crippen LogP contribution in [0.5, 0.6) is 0 Å². The molecule has 0 bridgehead atoms. The molecule has 0 aliphatic carbocycles. The van der Waals surface area contributed by atoms with E-state index in [4.69, 9.17) is 9.40 Å². The average molecular weight is 447 g/mol. The van der Waals surface area contributed by atoms with Crippen molar-refractivity contribution in [2.24, 2.45) is 0 Å². The van der Waals surface area contributed by atoms with Crippen LogP contribution < -0.4 is 10.2 Å². The van der Waals surface area contributed by atoms with Gasteiger partial charge in [0.25, 0.3) is 5.91 Å². The second-order valence-electron chi connectivity index (χ2n) is 8.08. The van der Waals surface area contributed by atoms with Crippen molar-refractivity contribution in [2.45, 2.75) is 37.1 Å². The van der Waals surface area contributed by atoms with Crippen molar-refractivity contribution < 1.29 is 9.21 Å². The van der Waals surface area contributed by atoms with Gasteiger partial charge in [-0.05, 0) is 48.9 Å². The molecule has 5 rings (SSSR count). The maximum absolute atomic E-state index is 13.1. The van der Waals surface area contributed by atoms with E-state index < -0.39 is 0 Å². The van der Waals surface area contributed by atoms with Crippen molar-refractivity contribution in [1.29, 1.82) is 0 Å². The number of thioether (sulfide) groups is 1. The van der Waals surface area contributed by atoms with E-state index >= 15 is 0 Å². The summed E-state index contributed by atoms with van der Waals surface area (Å²) < 4.78 is 6.16. The van der Waals surface area contributed by atoms with Crippen molar-refractivity contribution in [3.63, 3.8) is 0 Å². The maximum Gasteiger partial charge on any atom is 0.289 e. The normalized spacial score (nSPS) is 14.6. The Morgan fingerprint density at radius 3 is 2.53 bits per heavy atom. The van der Waals surface area contributed by atoms with Gasteiger partial charge in [0.2, 0.25) is 5.82 Å². The highest BCUT2D eigenvalue weighted by Gasteiger charge is 2.23. The predicted molar refractivity (Wildman–Crippen MR) is 129 cm³/mol. The standard InChI is InChI=1S/C25H26N4O2S/c1-32-18-12-10-17(11-13-18)16-26-25(30)23-27-21-19-8-4-5-9-20(19)31-22(21)24(28-23)29-14-6-2-3-7-15-29/h4-5,8-13H,2-3,6-7,14-16H2,1H3,(H,26,30). The molecule has 0 spiro atoms. The van der Waals surface area contributed by atoms with E-state index in [0.29, 0.717) is 17.6 Å². The van der Waals surface area contributed by atoms with Crippen LogP contribution in [-0.4, -0.2) is 35.2 Å². The van der Waals surface area contributed by atoms with Crippen molar-refractivity contribution in [2.75, 3.05) is 24.2 Å². The molecule has 6 nitrogen and oxygen atoms in total. The van der Waals surface area contributed by atoms with Crippen LogP contribution in [0, 0.1) is 0 Å². The van der Waals surface area contributed by atoms with Crippen molar-refractivity contribution >= 4 is 45.6 Å². The lowest BCUT2D eigenvalue weighted by Crippen LogP contribution is -2.29. The van der Waals surface area contributed by atoms with Gasteiger partial charge in [0, 0.05) is 29.9 Å². The third-order valence-corrected chi connectivity index (χ3v) is 6.67. The number of aromatic nitrogens is 2. The van der Waals surface area contributed by atoms with Gasteiger partial charge in [-0.1, -0.05) is 37.1 Å². The van der Waals surface area contributed by atoms with Gasteiger partial charge < -0.3 is 14.6 Å². The number of carbonyl (C=O) groups is 1. The molecule has 0 radical (unpaired) electrons. The second-order valence-corrected chi connectivity index (χ2v) is 8.96. The number of nitrogens with one attached hydrogen (secondary N) is 1. The van der Waals surface area contributed by atoms with Crippen molar-refractivity contribution in [3.05, 3.63) is 59.9 Å². The largest absolute Gasteiger partial charge is 0.450 e. The fourth-order valence-corrected chi connectivity index (χ4v) is 4.59. The van der Waals surface area contributed by atoms with Gasteiger partial charge in [0.1, 0.15) is 11.1 Å². The van der Waals surface area contributed by atoms with Crippen LogP contribution in [0.2, 0.25) is 0 Å². The summed E-state index contributed by atoms with van der Waals surface area (Å²) in [6, 6.07) is 16.0. The molecule has 2 aromatic carbocycles. The van der Waals surface area contributed by atoms with Crippen LogP contribution in [0.25, 0.3) is 22.1 Å². The molecule has 3 heterocycles. The molecule has 2 aromatic heterocycles. The molecule has 1 saturated heterocycles. The smallest absolute Gasteiger partial charge is 0.289 e. The van der Waals surface area contributed by atoms with Gasteiger partial charge in [-0.2, -0.15) is 0 Å². The Bertz CT molecular complexity index is 1240. The zero-order valence-electron chi connectivity index (χ0n) is 18.1. The number of benzene rings is 2. The highest BCUT2D eigenvalue weighted by molar-refractivity contribution is 7.98. The van der Waals surface area contributed by atoms with Crippen LogP contribution in [0.15, 0.2) is 57.8 Å². The summed E-state index contributed by atoms with van der Waals surface area (Å²) in [6.07, 6.45) is 6.70. The van der Waals surface area contributed by atoms with Gasteiger partial charge in [0.05, 0.1) is 0 Å². The lowest BCUT2D eigenvalue weighted by atomic mass is 10.2. The lowest BCUT2D eigenvalue weighted by Gasteiger charge is -2.21. The van der Waals surface area contributed by atoms with Gasteiger partial charge in [-0.15, -0.1) is 11.8 Å². The highest BCUT2D eigenvalue weighted by Crippen LogP contribution is 2.33. The predicted octanol–water partition coefficient (Wildman–Crippen LogP) is 5.41. The molecule has 1 aliphatic heterocycles. The van der Waals surface area contributed by atoms with Crippen molar-refractivity contribution in [1.82, 2.24) is 15.3 Å². The molecule has 4 aromatic rings. The number of hydrogen-bond donors (Lipinski definition) is 1. The fourth-order valence-electron chi connectivity index (χ4n) is 4.18. The molecule has 32 heavy (non-hydrogen) atoms. The number of rotatable bonds is 5. The number of furan rings is 1. The zero-order valence-corrected chi connectivity index (χ0v) is 19.0. The minimum atomic E-state index is -0.276. The molecule has 1 aliphatic rings. The topological polar surface area (TPSA) is 71.3 Å². The first-order valence-electron chi connectivity index (χ1n) is 11.1. The Labute approximate surface area is 191 Å². The summed E-state index contributed by atoms with van der Waals surface area (Å²) >= 11 is 1.70. The van der Waals surface area contributed by atoms with Crippen LogP contribution in [0.4, 0.5) is 5.82 Å². The number of hydrogen-bond acceptors (Lipinski definition) is 6. The van der Waals surface area contributed by atoms with Gasteiger partial charge in [-0.3, -0.25) is 4.79 Å². The van der Waals surface area contributed by atoms with Crippen LogP contribution >= 0.6 is 11.8 Å². The molecule has 1 N–H and O–H groups in total. The van der Waals surface area contributed by atoms with E-state index in [9.17, 15) is 4.79 Å². The Kier molecular flexibility index (Phi) is 5.99. The molecule has 0 unspecified atom stereocenters. The second kappa shape index (κ2) is 9.20. The summed E-state index contributed by atoms with van der Waals surface area (Å²) in [6.45, 7) is 2.25. The Morgan fingerprint density at radius 1 is 1.03 bits per heavy atom. The Balaban J connectivity index is 1.50. The zero-order chi connectivity index (χ0) is 21.9. The molecule has 7 heteroatoms. The highest BCUT2D eigenvalue weighted by atomic mass is 32.2. The summed E-state index contributed by atoms with van der Waals surface area (Å²) in [7, 11) is 0. The fraction of sp³-hybridized carbons (Fsp3) is 0.320. The lowest BCUT2D eigenvalue weighted by molar-refractivity contribution is 0.0941. The monoisotopic (exact) mass is 446 g/mol.